The first-order valence-electron chi connectivity index (χ1n) is 14.2. The minimum Gasteiger partial charge on any atom is -0.342 e. The zero-order valence-corrected chi connectivity index (χ0v) is 26.6. The van der Waals surface area contributed by atoms with Crippen LogP contribution < -0.4 is 5.43 Å². The third kappa shape index (κ3) is 8.01. The molecule has 9 heteroatoms. The molecule has 41 heavy (non-hydrogen) atoms. The number of carbonyl (C=O) groups is 1. The number of nitrogens with one attached hydrogen (secondary N) is 1. The first kappa shape index (κ1) is 33.3. The van der Waals surface area contributed by atoms with E-state index in [1.54, 1.807) is 13.0 Å². The maximum absolute atomic E-state index is 15.0. The molecule has 3 unspecified atom stereocenters. The van der Waals surface area contributed by atoms with Crippen molar-refractivity contribution in [3.8, 4) is 0 Å². The van der Waals surface area contributed by atoms with Crippen LogP contribution in [0, 0.1) is 17.8 Å². The van der Waals surface area contributed by atoms with Crippen LogP contribution >= 0.6 is 23.2 Å². The lowest BCUT2D eigenvalue weighted by Crippen LogP contribution is -2.46. The fourth-order valence-corrected chi connectivity index (χ4v) is 6.01. The van der Waals surface area contributed by atoms with E-state index in [2.05, 4.69) is 57.3 Å². The number of carbonyl (C=O) groups excluding carboxylic acids is 1. The van der Waals surface area contributed by atoms with Gasteiger partial charge in [-0.2, -0.15) is 0 Å². The molecule has 3 atom stereocenters. The highest BCUT2D eigenvalue weighted by Crippen LogP contribution is 2.39. The molecular weight excluding hydrogens is 565 g/mol. The summed E-state index contributed by atoms with van der Waals surface area (Å²) < 4.78 is 28.8. The van der Waals surface area contributed by atoms with Crippen molar-refractivity contribution in [3.05, 3.63) is 82.2 Å². The first-order valence-corrected chi connectivity index (χ1v) is 15.0. The molecule has 0 aromatic heterocycles. The normalized spacial score (nSPS) is 26.3. The smallest absolute Gasteiger partial charge is 0.227 e. The van der Waals surface area contributed by atoms with Crippen LogP contribution in [-0.4, -0.2) is 58.5 Å². The van der Waals surface area contributed by atoms with Gasteiger partial charge in [0.15, 0.2) is 0 Å². The summed E-state index contributed by atoms with van der Waals surface area (Å²) in [5.41, 5.74) is 5.24. The van der Waals surface area contributed by atoms with Gasteiger partial charge in [-0.15, -0.1) is 0 Å². The average Bonchev–Trinajstić information content (AvgIpc) is 3.54. The van der Waals surface area contributed by atoms with Crippen molar-refractivity contribution in [2.24, 2.45) is 17.8 Å². The summed E-state index contributed by atoms with van der Waals surface area (Å²) >= 11 is 12.7. The molecule has 3 aliphatic heterocycles. The van der Waals surface area contributed by atoms with Gasteiger partial charge in [0.2, 0.25) is 5.91 Å². The van der Waals surface area contributed by atoms with Crippen molar-refractivity contribution in [1.82, 2.24) is 20.2 Å². The van der Waals surface area contributed by atoms with E-state index in [1.807, 2.05) is 16.0 Å². The maximum atomic E-state index is 15.0. The highest BCUT2D eigenvalue weighted by Gasteiger charge is 2.45. The number of allylic oxidation sites excluding steroid dienone is 9. The third-order valence-corrected chi connectivity index (χ3v) is 8.57. The van der Waals surface area contributed by atoms with Crippen LogP contribution in [0.1, 0.15) is 54.4 Å². The molecule has 0 spiro atoms. The van der Waals surface area contributed by atoms with Gasteiger partial charge >= 0.3 is 0 Å². The molecule has 0 aromatic carbocycles. The third-order valence-electron chi connectivity index (χ3n) is 8.12. The Morgan fingerprint density at radius 3 is 2.27 bits per heavy atom. The standard InChI is InChI=1S/C32H44Cl2F2N4O/c1-9-24(35)17-28(36)22(5)25-18-39(32(6,7)8)19-26(25)31(41)38-13-11-23(12-14-38)29-16-21(4)37-40(29)30(15-20(3)33)27(34)10-2/h9-10,15-17,21,23,25-26,37H,2,5,11-14,18-19H2,1,3-4,6-8H3. The second-order valence-corrected chi connectivity index (χ2v) is 13.1. The molecule has 5 nitrogen and oxygen atoms in total. The molecule has 1 N–H and O–H groups in total. The van der Waals surface area contributed by atoms with E-state index in [0.717, 1.165) is 30.3 Å². The maximum Gasteiger partial charge on any atom is 0.227 e. The molecule has 226 valence electrons. The van der Waals surface area contributed by atoms with Gasteiger partial charge in [0.1, 0.15) is 11.7 Å². The molecular formula is C32H44Cl2F2N4O. The molecule has 0 bridgehead atoms. The first-order chi connectivity index (χ1) is 19.2. The zero-order valence-electron chi connectivity index (χ0n) is 25.1. The summed E-state index contributed by atoms with van der Waals surface area (Å²) in [7, 11) is 0. The number of halogens is 4. The van der Waals surface area contributed by atoms with Gasteiger partial charge in [0.25, 0.3) is 0 Å². The fraction of sp³-hybridized carbons (Fsp3) is 0.531. The number of hydrogen-bond acceptors (Lipinski definition) is 4. The largest absolute Gasteiger partial charge is 0.342 e. The Hall–Kier alpha value is -2.19. The van der Waals surface area contributed by atoms with E-state index in [1.165, 1.54) is 13.0 Å². The summed E-state index contributed by atoms with van der Waals surface area (Å²) in [6.07, 6.45) is 9.18. The molecule has 0 saturated carbocycles. The number of nitrogens with zero attached hydrogens (tertiary/aromatic N) is 3. The van der Waals surface area contributed by atoms with Gasteiger partial charge < -0.3 is 4.90 Å². The average molecular weight is 610 g/mol. The predicted octanol–water partition coefficient (Wildman–Crippen LogP) is 7.73. The van der Waals surface area contributed by atoms with Crippen molar-refractivity contribution < 1.29 is 13.6 Å². The molecule has 3 rings (SSSR count). The van der Waals surface area contributed by atoms with Gasteiger partial charge in [-0.1, -0.05) is 42.4 Å². The number of rotatable bonds is 8. The molecule has 0 aliphatic carbocycles. The summed E-state index contributed by atoms with van der Waals surface area (Å²) in [4.78, 5) is 18.0. The summed E-state index contributed by atoms with van der Waals surface area (Å²) in [6, 6.07) is 0.0990. The Labute approximate surface area is 254 Å². The van der Waals surface area contributed by atoms with Gasteiger partial charge in [0, 0.05) is 66.4 Å². The van der Waals surface area contributed by atoms with E-state index >= 15 is 0 Å². The van der Waals surface area contributed by atoms with E-state index < -0.39 is 23.5 Å². The topological polar surface area (TPSA) is 38.8 Å². The van der Waals surface area contributed by atoms with Crippen LogP contribution in [0.4, 0.5) is 8.78 Å². The highest BCUT2D eigenvalue weighted by atomic mass is 35.5. The van der Waals surface area contributed by atoms with Crippen LogP contribution in [0.25, 0.3) is 0 Å². The number of piperidine rings is 1. The van der Waals surface area contributed by atoms with E-state index in [-0.39, 0.29) is 29.0 Å². The van der Waals surface area contributed by atoms with Crippen molar-refractivity contribution in [1.29, 1.82) is 0 Å². The Balaban J connectivity index is 1.78. The van der Waals surface area contributed by atoms with Crippen molar-refractivity contribution >= 4 is 29.1 Å². The molecule has 1 amide bonds. The number of amides is 1. The van der Waals surface area contributed by atoms with Crippen molar-refractivity contribution in [2.45, 2.75) is 66.0 Å². The molecule has 0 radical (unpaired) electrons. The summed E-state index contributed by atoms with van der Waals surface area (Å²) in [5, 5.41) is 3.06. The Morgan fingerprint density at radius 2 is 1.73 bits per heavy atom. The number of hydrogen-bond donors (Lipinski definition) is 1. The second kappa shape index (κ2) is 13.9. The Bertz CT molecular complexity index is 1180. The van der Waals surface area contributed by atoms with E-state index in [9.17, 15) is 13.6 Å². The minimum absolute atomic E-state index is 0.000362. The zero-order chi connectivity index (χ0) is 30.6. The quantitative estimate of drug-likeness (QED) is 0.286. The molecule has 3 aliphatic rings. The lowest BCUT2D eigenvalue weighted by molar-refractivity contribution is -0.137. The molecule has 3 heterocycles. The van der Waals surface area contributed by atoms with Crippen molar-refractivity contribution in [2.75, 3.05) is 26.2 Å². The Kier molecular flexibility index (Phi) is 11.3. The van der Waals surface area contributed by atoms with Crippen LogP contribution in [0.2, 0.25) is 0 Å². The van der Waals surface area contributed by atoms with Gasteiger partial charge in [-0.05, 0) is 78.2 Å². The summed E-state index contributed by atoms with van der Waals surface area (Å²) in [6.45, 7) is 21.5. The van der Waals surface area contributed by atoms with Crippen LogP contribution in [0.5, 0.6) is 0 Å². The highest BCUT2D eigenvalue weighted by molar-refractivity contribution is 6.32. The Morgan fingerprint density at radius 1 is 1.12 bits per heavy atom. The van der Waals surface area contributed by atoms with Crippen LogP contribution in [-0.2, 0) is 4.79 Å². The van der Waals surface area contributed by atoms with Crippen LogP contribution in [0.15, 0.2) is 82.2 Å². The van der Waals surface area contributed by atoms with Gasteiger partial charge in [-0.3, -0.25) is 14.7 Å². The van der Waals surface area contributed by atoms with Gasteiger partial charge in [-0.25, -0.2) is 14.2 Å². The summed E-state index contributed by atoms with van der Waals surface area (Å²) in [5.74, 6) is -2.06. The van der Waals surface area contributed by atoms with E-state index in [4.69, 9.17) is 23.2 Å². The monoisotopic (exact) mass is 608 g/mol. The molecule has 0 aromatic rings. The SMILES string of the molecule is C=CC(Cl)=C(C=C(C)Cl)N1NC(C)C=C1C1CCN(C(=O)C2CN(C(C)(C)C)CC2C(=C)C(F)=CC(F)=CC)CC1. The van der Waals surface area contributed by atoms with E-state index in [0.29, 0.717) is 36.2 Å². The predicted molar refractivity (Wildman–Crippen MR) is 166 cm³/mol. The molecule has 2 fully saturated rings. The van der Waals surface area contributed by atoms with Crippen molar-refractivity contribution in [3.63, 3.8) is 0 Å². The van der Waals surface area contributed by atoms with Crippen LogP contribution in [0.3, 0.4) is 0 Å². The fourth-order valence-electron chi connectivity index (χ4n) is 5.77. The minimum atomic E-state index is -0.712. The number of likely N-dealkylation sites (tertiary alicyclic amines) is 2. The number of hydrazine groups is 1. The second-order valence-electron chi connectivity index (χ2n) is 12.1. The van der Waals surface area contributed by atoms with Gasteiger partial charge in [0.05, 0.1) is 16.6 Å². The lowest BCUT2D eigenvalue weighted by atomic mass is 9.86. The molecule has 2 saturated heterocycles. The lowest BCUT2D eigenvalue weighted by Gasteiger charge is -2.37.